The Morgan fingerprint density at radius 3 is 2.93 bits per heavy atom. The highest BCUT2D eigenvalue weighted by Crippen LogP contribution is 2.48. The number of fused-ring (bicyclic) bond motifs is 1. The van der Waals surface area contributed by atoms with Crippen LogP contribution in [-0.4, -0.2) is 22.8 Å². The molecule has 0 N–H and O–H groups in total. The molecule has 2 unspecified atom stereocenters. The fourth-order valence-electron chi connectivity index (χ4n) is 2.79. The number of hydrogen-bond donors (Lipinski definition) is 0. The summed E-state index contributed by atoms with van der Waals surface area (Å²) >= 11 is 0. The maximum Gasteiger partial charge on any atom is 0.139 e. The lowest BCUT2D eigenvalue weighted by Gasteiger charge is -2.27. The Morgan fingerprint density at radius 1 is 1.60 bits per heavy atom. The minimum atomic E-state index is -0.273. The zero-order valence-electron chi connectivity index (χ0n) is 9.71. The second-order valence-electron chi connectivity index (χ2n) is 4.78. The molecule has 2 aliphatic rings. The molecule has 2 fully saturated rings. The summed E-state index contributed by atoms with van der Waals surface area (Å²) in [6.07, 6.45) is 4.77. The van der Waals surface area contributed by atoms with Crippen molar-refractivity contribution in [3.05, 3.63) is 11.8 Å². The van der Waals surface area contributed by atoms with Gasteiger partial charge in [-0.1, -0.05) is 6.92 Å². The average Bonchev–Trinajstić information content (AvgIpc) is 2.63. The molecule has 3 nitrogen and oxygen atoms in total. The highest BCUT2D eigenvalue weighted by atomic mass is 16.6. The highest BCUT2D eigenvalue weighted by Gasteiger charge is 2.53. The summed E-state index contributed by atoms with van der Waals surface area (Å²) in [5.74, 6) is 0. The fraction of sp³-hybridized carbons (Fsp3) is 0.750. The van der Waals surface area contributed by atoms with Gasteiger partial charge in [-0.25, -0.2) is 0 Å². The van der Waals surface area contributed by atoms with Crippen LogP contribution in [0.25, 0.3) is 0 Å². The number of allylic oxidation sites excluding steroid dienone is 1. The molecule has 0 spiro atoms. The first-order chi connectivity index (χ1) is 7.06. The molecule has 0 aromatic heterocycles. The second kappa shape index (κ2) is 3.24. The molecule has 0 saturated carbocycles. The maximum atomic E-state index is 8.85. The van der Waals surface area contributed by atoms with Crippen LogP contribution < -0.4 is 0 Å². The molecule has 0 radical (unpaired) electrons. The summed E-state index contributed by atoms with van der Waals surface area (Å²) in [6.45, 7) is 7.34. The van der Waals surface area contributed by atoms with E-state index in [1.807, 2.05) is 0 Å². The number of rotatable bonds is 1. The van der Waals surface area contributed by atoms with E-state index >= 15 is 0 Å². The zero-order chi connectivity index (χ0) is 11.1. The SMILES string of the molecule is CCC1(C)OC2(C)CCCN2/C1=C\C#N. The second-order valence-corrected chi connectivity index (χ2v) is 4.78. The average molecular weight is 206 g/mol. The lowest BCUT2D eigenvalue weighted by Crippen LogP contribution is -2.35. The Kier molecular flexibility index (Phi) is 2.27. The Morgan fingerprint density at radius 2 is 2.33 bits per heavy atom. The van der Waals surface area contributed by atoms with Gasteiger partial charge in [-0.2, -0.15) is 5.26 Å². The molecule has 2 atom stereocenters. The third-order valence-electron chi connectivity index (χ3n) is 3.75. The summed E-state index contributed by atoms with van der Waals surface area (Å²) in [5, 5.41) is 8.85. The summed E-state index contributed by atoms with van der Waals surface area (Å²) in [7, 11) is 0. The van der Waals surface area contributed by atoms with E-state index in [0.29, 0.717) is 0 Å². The van der Waals surface area contributed by atoms with Crippen molar-refractivity contribution >= 4 is 0 Å². The Labute approximate surface area is 91.3 Å². The van der Waals surface area contributed by atoms with E-state index in [9.17, 15) is 0 Å². The molecule has 0 bridgehead atoms. The van der Waals surface area contributed by atoms with Crippen LogP contribution in [0, 0.1) is 11.3 Å². The van der Waals surface area contributed by atoms with E-state index in [1.165, 1.54) is 0 Å². The van der Waals surface area contributed by atoms with Crippen molar-refractivity contribution in [1.29, 1.82) is 5.26 Å². The van der Waals surface area contributed by atoms with E-state index < -0.39 is 0 Å². The maximum absolute atomic E-state index is 8.85. The summed E-state index contributed by atoms with van der Waals surface area (Å²) < 4.78 is 6.18. The third kappa shape index (κ3) is 1.36. The smallest absolute Gasteiger partial charge is 0.139 e. The molecule has 2 rings (SSSR count). The minimum Gasteiger partial charge on any atom is -0.344 e. The van der Waals surface area contributed by atoms with Crippen molar-refractivity contribution in [2.45, 2.75) is 51.4 Å². The van der Waals surface area contributed by atoms with Crippen molar-refractivity contribution in [3.63, 3.8) is 0 Å². The van der Waals surface area contributed by atoms with Crippen molar-refractivity contribution in [2.75, 3.05) is 6.54 Å². The van der Waals surface area contributed by atoms with Crippen LogP contribution in [0.4, 0.5) is 0 Å². The van der Waals surface area contributed by atoms with Gasteiger partial charge in [0.05, 0.1) is 11.8 Å². The van der Waals surface area contributed by atoms with Gasteiger partial charge in [-0.05, 0) is 33.1 Å². The minimum absolute atomic E-state index is 0.173. The van der Waals surface area contributed by atoms with Crippen molar-refractivity contribution < 1.29 is 4.74 Å². The number of hydrogen-bond acceptors (Lipinski definition) is 3. The standard InChI is InChI=1S/C12H18N2O/c1-4-11(2)10(6-8-13)14-9-5-7-12(14,3)15-11/h6H,4-5,7,9H2,1-3H3/b10-6-. The molecular weight excluding hydrogens is 188 g/mol. The number of ether oxygens (including phenoxy) is 1. The van der Waals surface area contributed by atoms with Crippen LogP contribution >= 0.6 is 0 Å². The van der Waals surface area contributed by atoms with Crippen LogP contribution in [-0.2, 0) is 4.74 Å². The van der Waals surface area contributed by atoms with Crippen LogP contribution in [0.1, 0.15) is 40.0 Å². The van der Waals surface area contributed by atoms with Gasteiger partial charge in [0.2, 0.25) is 0 Å². The first-order valence-corrected chi connectivity index (χ1v) is 5.64. The van der Waals surface area contributed by atoms with Gasteiger partial charge in [0.15, 0.2) is 0 Å². The predicted octanol–water partition coefficient (Wildman–Crippen LogP) is 2.40. The van der Waals surface area contributed by atoms with Gasteiger partial charge in [-0.3, -0.25) is 0 Å². The first kappa shape index (κ1) is 10.5. The lowest BCUT2D eigenvalue weighted by atomic mass is 9.98. The predicted molar refractivity (Wildman–Crippen MR) is 57.8 cm³/mol. The van der Waals surface area contributed by atoms with E-state index in [0.717, 1.165) is 31.5 Å². The van der Waals surface area contributed by atoms with Crippen LogP contribution in [0.3, 0.4) is 0 Å². The molecule has 0 aromatic rings. The van der Waals surface area contributed by atoms with E-state index in [1.54, 1.807) is 6.08 Å². The fourth-order valence-corrected chi connectivity index (χ4v) is 2.79. The van der Waals surface area contributed by atoms with Gasteiger partial charge >= 0.3 is 0 Å². The molecule has 82 valence electrons. The van der Waals surface area contributed by atoms with Gasteiger partial charge in [-0.15, -0.1) is 0 Å². The topological polar surface area (TPSA) is 36.3 Å². The van der Waals surface area contributed by atoms with Gasteiger partial charge < -0.3 is 9.64 Å². The van der Waals surface area contributed by atoms with Crippen LogP contribution in [0.5, 0.6) is 0 Å². The summed E-state index contributed by atoms with van der Waals surface area (Å²) in [6, 6.07) is 2.15. The number of nitrogens with zero attached hydrogens (tertiary/aromatic N) is 2. The zero-order valence-corrected chi connectivity index (χ0v) is 9.71. The largest absolute Gasteiger partial charge is 0.344 e. The third-order valence-corrected chi connectivity index (χ3v) is 3.75. The van der Waals surface area contributed by atoms with Crippen molar-refractivity contribution in [1.82, 2.24) is 4.90 Å². The lowest BCUT2D eigenvalue weighted by molar-refractivity contribution is -0.110. The van der Waals surface area contributed by atoms with E-state index in [4.69, 9.17) is 10.00 Å². The van der Waals surface area contributed by atoms with Crippen LogP contribution in [0.15, 0.2) is 11.8 Å². The Hall–Kier alpha value is -1.01. The van der Waals surface area contributed by atoms with Crippen molar-refractivity contribution in [3.8, 4) is 6.07 Å². The van der Waals surface area contributed by atoms with Gasteiger partial charge in [0.25, 0.3) is 0 Å². The summed E-state index contributed by atoms with van der Waals surface area (Å²) in [5.41, 5.74) is 0.616. The molecule has 2 heterocycles. The molecule has 0 amide bonds. The molecule has 0 aromatic carbocycles. The Balaban J connectivity index is 2.42. The highest BCUT2D eigenvalue weighted by molar-refractivity contribution is 5.28. The van der Waals surface area contributed by atoms with E-state index in [-0.39, 0.29) is 11.3 Å². The van der Waals surface area contributed by atoms with E-state index in [2.05, 4.69) is 31.7 Å². The normalized spacial score (nSPS) is 42.0. The molecule has 0 aliphatic carbocycles. The number of nitriles is 1. The molecule has 15 heavy (non-hydrogen) atoms. The molecule has 2 saturated heterocycles. The van der Waals surface area contributed by atoms with Gasteiger partial charge in [0.1, 0.15) is 11.3 Å². The molecular formula is C12H18N2O. The Bertz CT molecular complexity index is 344. The quantitative estimate of drug-likeness (QED) is 0.618. The van der Waals surface area contributed by atoms with Crippen molar-refractivity contribution in [2.24, 2.45) is 0 Å². The molecule has 2 aliphatic heterocycles. The first-order valence-electron chi connectivity index (χ1n) is 5.64. The van der Waals surface area contributed by atoms with Gasteiger partial charge in [0, 0.05) is 12.6 Å². The van der Waals surface area contributed by atoms with Crippen LogP contribution in [0.2, 0.25) is 0 Å². The summed E-state index contributed by atoms with van der Waals surface area (Å²) in [4.78, 5) is 2.26. The monoisotopic (exact) mass is 206 g/mol. The molecule has 3 heteroatoms.